The van der Waals surface area contributed by atoms with Gasteiger partial charge in [-0.2, -0.15) is 0 Å². The summed E-state index contributed by atoms with van der Waals surface area (Å²) in [6.07, 6.45) is 0. The fourth-order valence-corrected chi connectivity index (χ4v) is 3.81. The normalized spacial score (nSPS) is 13.0. The lowest BCUT2D eigenvalue weighted by molar-refractivity contribution is 0.102. The minimum absolute atomic E-state index is 0.0135. The Balaban J connectivity index is 2.14. The summed E-state index contributed by atoms with van der Waals surface area (Å²) in [6, 6.07) is 5.57. The molecule has 9 heteroatoms. The number of aryl methyl sites for hydroxylation is 1. The first kappa shape index (κ1) is 21.1. The largest absolute Gasteiger partial charge is 0.383 e. The second-order valence-corrected chi connectivity index (χ2v) is 8.33. The van der Waals surface area contributed by atoms with E-state index in [4.69, 9.17) is 9.26 Å². The third-order valence-electron chi connectivity index (χ3n) is 3.84. The van der Waals surface area contributed by atoms with Crippen molar-refractivity contribution in [2.75, 3.05) is 19.0 Å². The minimum atomic E-state index is -3.66. The number of nitrogens with zero attached hydrogens (tertiary/aromatic N) is 1. The quantitative estimate of drug-likeness (QED) is 0.711. The first-order valence-corrected chi connectivity index (χ1v) is 10.0. The highest BCUT2D eigenvalue weighted by atomic mass is 32.2. The highest BCUT2D eigenvalue weighted by Crippen LogP contribution is 2.23. The molecule has 27 heavy (non-hydrogen) atoms. The molecule has 1 unspecified atom stereocenters. The number of anilines is 1. The minimum Gasteiger partial charge on any atom is -0.383 e. The van der Waals surface area contributed by atoms with E-state index in [2.05, 4.69) is 15.2 Å². The average molecular weight is 395 g/mol. The van der Waals surface area contributed by atoms with E-state index in [0.717, 1.165) is 0 Å². The van der Waals surface area contributed by atoms with E-state index in [9.17, 15) is 13.2 Å². The molecule has 1 aromatic heterocycles. The van der Waals surface area contributed by atoms with E-state index >= 15 is 0 Å². The van der Waals surface area contributed by atoms with Crippen molar-refractivity contribution in [3.63, 3.8) is 0 Å². The number of nitrogens with one attached hydrogen (secondary N) is 2. The van der Waals surface area contributed by atoms with Gasteiger partial charge in [0.1, 0.15) is 5.56 Å². The Morgan fingerprint density at radius 3 is 2.41 bits per heavy atom. The van der Waals surface area contributed by atoms with Crippen LogP contribution in [0.1, 0.15) is 48.5 Å². The van der Waals surface area contributed by atoms with Gasteiger partial charge < -0.3 is 14.6 Å². The molecule has 0 aliphatic heterocycles. The van der Waals surface area contributed by atoms with E-state index < -0.39 is 10.0 Å². The number of rotatable bonds is 8. The molecule has 2 rings (SSSR count). The number of hydrogen-bond donors (Lipinski definition) is 2. The lowest BCUT2D eigenvalue weighted by atomic mass is 10.0. The summed E-state index contributed by atoms with van der Waals surface area (Å²) in [6.45, 7) is 7.50. The molecule has 0 fully saturated rings. The van der Waals surface area contributed by atoms with Crippen LogP contribution >= 0.6 is 0 Å². The number of carbonyl (C=O) groups is 1. The van der Waals surface area contributed by atoms with Crippen molar-refractivity contribution >= 4 is 21.6 Å². The zero-order valence-corrected chi connectivity index (χ0v) is 16.9. The molecule has 148 valence electrons. The van der Waals surface area contributed by atoms with Gasteiger partial charge in [-0.05, 0) is 38.1 Å². The number of carbonyl (C=O) groups excluding carboxylic acids is 1. The second-order valence-electron chi connectivity index (χ2n) is 6.62. The Labute approximate surface area is 159 Å². The van der Waals surface area contributed by atoms with Crippen LogP contribution in [0.4, 0.5) is 5.69 Å². The summed E-state index contributed by atoms with van der Waals surface area (Å²) in [4.78, 5) is 12.7. The molecule has 1 aromatic carbocycles. The smallest absolute Gasteiger partial charge is 0.261 e. The summed E-state index contributed by atoms with van der Waals surface area (Å²) in [5.74, 6) is 0.181. The van der Waals surface area contributed by atoms with Crippen LogP contribution < -0.4 is 10.0 Å². The molecule has 0 aliphatic carbocycles. The first-order chi connectivity index (χ1) is 12.7. The Bertz CT molecular complexity index is 888. The number of benzene rings is 1. The number of ether oxygens (including phenoxy) is 1. The zero-order chi connectivity index (χ0) is 20.2. The van der Waals surface area contributed by atoms with Crippen LogP contribution in [-0.2, 0) is 14.8 Å². The summed E-state index contributed by atoms with van der Waals surface area (Å²) < 4.78 is 37.3. The maximum atomic E-state index is 12.6. The Morgan fingerprint density at radius 1 is 1.22 bits per heavy atom. The van der Waals surface area contributed by atoms with Gasteiger partial charge >= 0.3 is 0 Å². The molecule has 0 spiro atoms. The Morgan fingerprint density at radius 2 is 1.85 bits per heavy atom. The van der Waals surface area contributed by atoms with Crippen LogP contribution in [-0.4, -0.2) is 39.2 Å². The van der Waals surface area contributed by atoms with Gasteiger partial charge in [-0.25, -0.2) is 13.1 Å². The van der Waals surface area contributed by atoms with Crippen LogP contribution in [0.2, 0.25) is 0 Å². The zero-order valence-electron chi connectivity index (χ0n) is 16.1. The van der Waals surface area contributed by atoms with Gasteiger partial charge in [0.05, 0.1) is 17.2 Å². The highest BCUT2D eigenvalue weighted by molar-refractivity contribution is 7.89. The fraction of sp³-hybridized carbons (Fsp3) is 0.444. The SMILES string of the molecule is COCC(C)NS(=O)(=O)c1ccc(NC(=O)c2c(C)noc2C(C)C)cc1. The van der Waals surface area contributed by atoms with Crippen molar-refractivity contribution in [3.8, 4) is 0 Å². The predicted molar refractivity (Wildman–Crippen MR) is 101 cm³/mol. The molecule has 2 N–H and O–H groups in total. The van der Waals surface area contributed by atoms with Gasteiger partial charge in [-0.1, -0.05) is 19.0 Å². The number of sulfonamides is 1. The molecule has 2 aromatic rings. The molecule has 1 atom stereocenters. The molecule has 0 saturated carbocycles. The molecular weight excluding hydrogens is 370 g/mol. The van der Waals surface area contributed by atoms with Crippen molar-refractivity contribution in [1.29, 1.82) is 0 Å². The monoisotopic (exact) mass is 395 g/mol. The van der Waals surface area contributed by atoms with Crippen molar-refractivity contribution in [1.82, 2.24) is 9.88 Å². The molecule has 0 radical (unpaired) electrons. The summed E-state index contributed by atoms with van der Waals surface area (Å²) >= 11 is 0. The van der Waals surface area contributed by atoms with Gasteiger partial charge in [0, 0.05) is 24.8 Å². The number of amides is 1. The predicted octanol–water partition coefficient (Wildman–Crippen LogP) is 2.67. The van der Waals surface area contributed by atoms with Gasteiger partial charge in [-0.15, -0.1) is 0 Å². The summed E-state index contributed by atoms with van der Waals surface area (Å²) in [5.41, 5.74) is 1.38. The lowest BCUT2D eigenvalue weighted by Crippen LogP contribution is -2.35. The van der Waals surface area contributed by atoms with Gasteiger partial charge in [-0.3, -0.25) is 4.79 Å². The van der Waals surface area contributed by atoms with Crippen molar-refractivity contribution in [2.45, 2.75) is 44.6 Å². The van der Waals surface area contributed by atoms with Crippen LogP contribution in [0, 0.1) is 6.92 Å². The summed E-state index contributed by atoms with van der Waals surface area (Å²) in [7, 11) is -2.16. The Kier molecular flexibility index (Phi) is 6.74. The maximum Gasteiger partial charge on any atom is 0.261 e. The fourth-order valence-electron chi connectivity index (χ4n) is 2.59. The first-order valence-electron chi connectivity index (χ1n) is 8.54. The van der Waals surface area contributed by atoms with E-state index in [1.807, 2.05) is 13.8 Å². The van der Waals surface area contributed by atoms with Crippen LogP contribution in [0.5, 0.6) is 0 Å². The molecular formula is C18H25N3O5S. The van der Waals surface area contributed by atoms with Crippen molar-refractivity contribution < 1.29 is 22.5 Å². The molecule has 0 aliphatic rings. The number of hydrogen-bond acceptors (Lipinski definition) is 6. The number of methoxy groups -OCH3 is 1. The molecule has 8 nitrogen and oxygen atoms in total. The molecule has 0 bridgehead atoms. The lowest BCUT2D eigenvalue weighted by Gasteiger charge is -2.13. The van der Waals surface area contributed by atoms with Gasteiger partial charge in [0.25, 0.3) is 5.91 Å². The van der Waals surface area contributed by atoms with Crippen LogP contribution in [0.3, 0.4) is 0 Å². The van der Waals surface area contributed by atoms with Gasteiger partial charge in [0.2, 0.25) is 10.0 Å². The highest BCUT2D eigenvalue weighted by Gasteiger charge is 2.23. The van der Waals surface area contributed by atoms with Crippen molar-refractivity contribution in [3.05, 3.63) is 41.3 Å². The third-order valence-corrected chi connectivity index (χ3v) is 5.44. The van der Waals surface area contributed by atoms with E-state index in [1.165, 1.54) is 31.4 Å². The summed E-state index contributed by atoms with van der Waals surface area (Å²) in [5, 5.41) is 6.60. The molecule has 1 heterocycles. The van der Waals surface area contributed by atoms with Crippen LogP contribution in [0.25, 0.3) is 0 Å². The topological polar surface area (TPSA) is 111 Å². The molecule has 1 amide bonds. The van der Waals surface area contributed by atoms with Gasteiger partial charge in [0.15, 0.2) is 5.76 Å². The van der Waals surface area contributed by atoms with E-state index in [0.29, 0.717) is 22.7 Å². The van der Waals surface area contributed by atoms with E-state index in [-0.39, 0.29) is 29.4 Å². The third kappa shape index (κ3) is 5.15. The van der Waals surface area contributed by atoms with Crippen molar-refractivity contribution in [2.24, 2.45) is 0 Å². The van der Waals surface area contributed by atoms with Crippen LogP contribution in [0.15, 0.2) is 33.7 Å². The maximum absolute atomic E-state index is 12.6. The molecule has 0 saturated heterocycles. The second kappa shape index (κ2) is 8.64. The average Bonchev–Trinajstić information content (AvgIpc) is 2.97. The number of aromatic nitrogens is 1. The Hall–Kier alpha value is -2.23. The van der Waals surface area contributed by atoms with E-state index in [1.54, 1.807) is 13.8 Å². The standard InChI is InChI=1S/C18H25N3O5S/c1-11(2)17-16(13(4)20-26-17)18(22)19-14-6-8-15(9-7-14)27(23,24)21-12(3)10-25-5/h6-9,11-12,21H,10H2,1-5H3,(H,19,22).